The number of carbonyl (C=O) groups is 3. The Morgan fingerprint density at radius 2 is 1.53 bits per heavy atom. The minimum Gasteiger partial charge on any atom is -0.326 e. The van der Waals surface area contributed by atoms with Gasteiger partial charge in [0.25, 0.3) is 0 Å². The number of carbonyl (C=O) groups excluding carboxylic acids is 3. The summed E-state index contributed by atoms with van der Waals surface area (Å²) < 4.78 is 123. The zero-order valence-electron chi connectivity index (χ0n) is 24.5. The Hall–Kier alpha value is -3.33. The van der Waals surface area contributed by atoms with E-state index in [9.17, 15) is 49.5 Å². The van der Waals surface area contributed by atoms with Crippen LogP contribution >= 0.6 is 34.8 Å². The van der Waals surface area contributed by atoms with E-state index in [4.69, 9.17) is 34.8 Å². The Kier molecular flexibility index (Phi) is 9.87. The van der Waals surface area contributed by atoms with Crippen LogP contribution in [-0.2, 0) is 33.3 Å². The van der Waals surface area contributed by atoms with Gasteiger partial charge in [0.15, 0.2) is 5.78 Å². The van der Waals surface area contributed by atoms with Crippen molar-refractivity contribution in [1.82, 2.24) is 0 Å². The molecule has 3 aromatic carbocycles. The smallest absolute Gasteiger partial charge is 0.326 e. The fourth-order valence-electron chi connectivity index (χ4n) is 5.49. The van der Waals surface area contributed by atoms with E-state index in [0.717, 1.165) is 24.3 Å². The molecule has 0 radical (unpaired) electrons. The van der Waals surface area contributed by atoms with Gasteiger partial charge in [0.1, 0.15) is 27.6 Å². The van der Waals surface area contributed by atoms with Crippen molar-refractivity contribution in [2.75, 3.05) is 11.9 Å². The molecule has 0 aromatic heterocycles. The van der Waals surface area contributed by atoms with Crippen LogP contribution in [-0.4, -0.2) is 34.8 Å². The van der Waals surface area contributed by atoms with Crippen LogP contribution in [0.25, 0.3) is 0 Å². The van der Waals surface area contributed by atoms with E-state index >= 15 is 4.39 Å². The molecule has 2 atom stereocenters. The average Bonchev–Trinajstić information content (AvgIpc) is 3.90. The van der Waals surface area contributed by atoms with Gasteiger partial charge in [-0.1, -0.05) is 23.7 Å². The van der Waals surface area contributed by atoms with Gasteiger partial charge in [-0.05, 0) is 60.4 Å². The number of halogens is 12. The molecule has 2 fully saturated rings. The summed E-state index contributed by atoms with van der Waals surface area (Å²) in [6, 6.07) is 7.45. The third-order valence-electron chi connectivity index (χ3n) is 8.44. The summed E-state index contributed by atoms with van der Waals surface area (Å²) in [4.78, 5) is 39.0. The maximum atomic E-state index is 15.4. The van der Waals surface area contributed by atoms with Crippen LogP contribution in [0.15, 0.2) is 48.5 Å². The summed E-state index contributed by atoms with van der Waals surface area (Å²) in [6.45, 7) is -0.995. The molecule has 0 spiro atoms. The molecule has 5 rings (SSSR count). The number of amides is 1. The predicted molar refractivity (Wildman–Crippen MR) is 159 cm³/mol. The van der Waals surface area contributed by atoms with Gasteiger partial charge in [-0.2, -0.15) is 13.2 Å². The monoisotopic (exact) mass is 759 g/mol. The highest BCUT2D eigenvalue weighted by Gasteiger charge is 2.67. The van der Waals surface area contributed by atoms with Crippen LogP contribution in [0, 0.1) is 28.8 Å². The second kappa shape index (κ2) is 13.1. The van der Waals surface area contributed by atoms with Gasteiger partial charge >= 0.3 is 12.5 Å². The van der Waals surface area contributed by atoms with Crippen LogP contribution in [0.5, 0.6) is 0 Å². The molecule has 0 unspecified atom stereocenters. The van der Waals surface area contributed by atoms with E-state index in [-0.39, 0.29) is 40.2 Å². The first kappa shape index (κ1) is 36.9. The molecule has 2 saturated carbocycles. The van der Waals surface area contributed by atoms with Gasteiger partial charge in [-0.3, -0.25) is 19.1 Å². The summed E-state index contributed by atoms with van der Waals surface area (Å²) in [6.07, 6.45) is -11.5. The zero-order chi connectivity index (χ0) is 36.3. The van der Waals surface area contributed by atoms with Crippen molar-refractivity contribution in [3.63, 3.8) is 0 Å². The molecule has 17 heteroatoms. The first-order valence-electron chi connectivity index (χ1n) is 14.2. The quantitative estimate of drug-likeness (QED) is 0.120. The van der Waals surface area contributed by atoms with Crippen LogP contribution < -0.4 is 5.32 Å². The molecular formula is C32H21Cl3F9NO4. The normalized spacial score (nSPS) is 19.3. The van der Waals surface area contributed by atoms with Crippen molar-refractivity contribution in [1.29, 1.82) is 0 Å². The Balaban J connectivity index is 1.29. The molecule has 262 valence electrons. The highest BCUT2D eigenvalue weighted by atomic mass is 35.5. The summed E-state index contributed by atoms with van der Waals surface area (Å²) in [5.41, 5.74) is -4.61. The Morgan fingerprint density at radius 1 is 0.878 bits per heavy atom. The Morgan fingerprint density at radius 3 is 2.14 bits per heavy atom. The fraction of sp³-hybridized carbons (Fsp3) is 0.344. The molecule has 1 amide bonds. The van der Waals surface area contributed by atoms with Crippen molar-refractivity contribution in [3.05, 3.63) is 98.8 Å². The molecule has 0 heterocycles. The van der Waals surface area contributed by atoms with Crippen molar-refractivity contribution >= 4 is 58.0 Å². The van der Waals surface area contributed by atoms with Gasteiger partial charge in [-0.15, -0.1) is 36.4 Å². The Bertz CT molecular complexity index is 1840. The third-order valence-corrected chi connectivity index (χ3v) is 9.71. The number of hydrogen-bond donors (Lipinski definition) is 1. The number of benzene rings is 3. The lowest BCUT2D eigenvalue weighted by atomic mass is 9.93. The lowest BCUT2D eigenvalue weighted by Crippen LogP contribution is -2.28. The highest BCUT2D eigenvalue weighted by molar-refractivity contribution is 6.53. The molecule has 49 heavy (non-hydrogen) atoms. The van der Waals surface area contributed by atoms with E-state index in [1.807, 2.05) is 0 Å². The molecule has 0 aliphatic heterocycles. The molecule has 0 bridgehead atoms. The van der Waals surface area contributed by atoms with Crippen molar-refractivity contribution < 1.29 is 58.6 Å². The molecular weight excluding hydrogens is 740 g/mol. The van der Waals surface area contributed by atoms with Gasteiger partial charge in [0.05, 0.1) is 28.5 Å². The number of alkyl halides is 8. The van der Waals surface area contributed by atoms with Gasteiger partial charge in [0.2, 0.25) is 5.91 Å². The van der Waals surface area contributed by atoms with Gasteiger partial charge in [-0.25, -0.2) is 13.2 Å². The zero-order valence-corrected chi connectivity index (χ0v) is 26.7. The molecule has 3 aromatic rings. The minimum absolute atomic E-state index is 0.0377. The lowest BCUT2D eigenvalue weighted by molar-refractivity contribution is -0.328. The lowest BCUT2D eigenvalue weighted by Gasteiger charge is -2.17. The summed E-state index contributed by atoms with van der Waals surface area (Å²) in [5.74, 6) is -8.92. The van der Waals surface area contributed by atoms with E-state index < -0.39 is 99.6 Å². The molecule has 0 saturated heterocycles. The highest BCUT2D eigenvalue weighted by Crippen LogP contribution is 2.65. The molecule has 1 N–H and O–H groups in total. The molecule has 2 aliphatic rings. The maximum absolute atomic E-state index is 15.4. The minimum atomic E-state index is -5.02. The standard InChI is InChI=1S/C32H21Cl3F9NO4/c33-20-4-3-16(45-28(48)26-25(30(26,34)35)14-1-6-22(37)19(9-14)31(39,40)41)11-17(20)23(46)10-15-2-5-21(36)18(27(15)38)12-24(47)29(7-8-29)13-49-32(42,43)44/h1-6,9,11,25-26H,7-8,10,12-13H2,(H,45,48)/t25-,26+/m0/s1. The van der Waals surface area contributed by atoms with Crippen molar-refractivity contribution in [3.8, 4) is 0 Å². The number of ether oxygens (including phenoxy) is 1. The van der Waals surface area contributed by atoms with Crippen LogP contribution in [0.2, 0.25) is 5.02 Å². The van der Waals surface area contributed by atoms with E-state index in [2.05, 4.69) is 10.1 Å². The van der Waals surface area contributed by atoms with Gasteiger partial charge in [0, 0.05) is 35.6 Å². The first-order valence-corrected chi connectivity index (χ1v) is 15.4. The number of rotatable bonds is 11. The van der Waals surface area contributed by atoms with Crippen LogP contribution in [0.1, 0.15) is 51.4 Å². The number of Topliss-reactive ketones (excluding diaryl/α,β-unsaturated/α-hetero) is 2. The number of ketones is 2. The maximum Gasteiger partial charge on any atom is 0.522 e. The average molecular weight is 761 g/mol. The topological polar surface area (TPSA) is 72.5 Å². The first-order chi connectivity index (χ1) is 22.6. The summed E-state index contributed by atoms with van der Waals surface area (Å²) in [7, 11) is 0. The van der Waals surface area contributed by atoms with E-state index in [0.29, 0.717) is 12.1 Å². The third kappa shape index (κ3) is 7.87. The second-order valence-electron chi connectivity index (χ2n) is 11.8. The second-order valence-corrected chi connectivity index (χ2v) is 13.6. The van der Waals surface area contributed by atoms with Crippen LogP contribution in [0.4, 0.5) is 45.2 Å². The predicted octanol–water partition coefficient (Wildman–Crippen LogP) is 9.16. The van der Waals surface area contributed by atoms with Gasteiger partial charge < -0.3 is 5.32 Å². The largest absolute Gasteiger partial charge is 0.522 e. The Labute approximate surface area is 286 Å². The molecule has 2 aliphatic carbocycles. The molecule has 5 nitrogen and oxygen atoms in total. The van der Waals surface area contributed by atoms with Crippen LogP contribution in [0.3, 0.4) is 0 Å². The summed E-state index contributed by atoms with van der Waals surface area (Å²) in [5, 5.41) is 2.30. The fourth-order valence-corrected chi connectivity index (χ4v) is 6.54. The number of anilines is 1. The number of hydrogen-bond acceptors (Lipinski definition) is 4. The van der Waals surface area contributed by atoms with E-state index in [1.165, 1.54) is 12.1 Å². The van der Waals surface area contributed by atoms with Crippen molar-refractivity contribution in [2.45, 2.75) is 48.5 Å². The summed E-state index contributed by atoms with van der Waals surface area (Å²) >= 11 is 18.6. The SMILES string of the molecule is O=C(Cc1ccc(F)c(CC(=O)C2(COC(F)(F)F)CC2)c1F)c1cc(NC(=O)[C@H]2[C@H](c3ccc(F)c(C(F)(F)F)c3)C2(Cl)Cl)ccc1Cl. The van der Waals surface area contributed by atoms with Crippen molar-refractivity contribution in [2.24, 2.45) is 11.3 Å². The van der Waals surface area contributed by atoms with E-state index in [1.54, 1.807) is 0 Å². The number of nitrogens with one attached hydrogen (secondary N) is 1.